The standard InChI is InChI=1S/C66H41N3/c1-3-17-42(18-4-1)45-32-34-59-58-29-15-16-30-64(58)69(65(59)40-45)49-36-47(44-31-33-57-54-26-11-10-24-52(54)53-25-12-13-27-55(53)60(57)38-44)35-48(37-49)62-41-63(68-66(67-62)43-19-5-2-6-20-43)61-39-46-21-7-8-22-50(46)51-23-9-14-28-56(51)61/h1-41H. The Kier molecular flexibility index (Phi) is 8.90. The maximum Gasteiger partial charge on any atom is 0.160 e. The Morgan fingerprint density at radius 3 is 1.45 bits per heavy atom. The van der Waals surface area contributed by atoms with Crippen LogP contribution in [0.3, 0.4) is 0 Å². The van der Waals surface area contributed by atoms with E-state index in [0.717, 1.165) is 61.3 Å². The molecule has 0 saturated heterocycles. The van der Waals surface area contributed by atoms with Gasteiger partial charge >= 0.3 is 0 Å². The second kappa shape index (κ2) is 15.7. The van der Waals surface area contributed by atoms with Crippen LogP contribution in [-0.2, 0) is 0 Å². The first-order valence-corrected chi connectivity index (χ1v) is 23.6. The van der Waals surface area contributed by atoms with Crippen molar-refractivity contribution in [2.45, 2.75) is 0 Å². The highest BCUT2D eigenvalue weighted by molar-refractivity contribution is 6.26. The largest absolute Gasteiger partial charge is 0.309 e. The zero-order chi connectivity index (χ0) is 45.4. The zero-order valence-corrected chi connectivity index (χ0v) is 37.5. The highest BCUT2D eigenvalue weighted by atomic mass is 15.0. The van der Waals surface area contributed by atoms with Gasteiger partial charge in [-0.2, -0.15) is 0 Å². The summed E-state index contributed by atoms with van der Waals surface area (Å²) >= 11 is 0. The zero-order valence-electron chi connectivity index (χ0n) is 37.5. The van der Waals surface area contributed by atoms with Crippen molar-refractivity contribution >= 4 is 75.7 Å². The highest BCUT2D eigenvalue weighted by Crippen LogP contribution is 2.42. The van der Waals surface area contributed by atoms with Crippen molar-refractivity contribution in [3.63, 3.8) is 0 Å². The predicted octanol–water partition coefficient (Wildman–Crippen LogP) is 17.7. The molecule has 14 rings (SSSR count). The molecule has 3 heteroatoms. The molecule has 0 atom stereocenters. The summed E-state index contributed by atoms with van der Waals surface area (Å²) in [7, 11) is 0. The van der Waals surface area contributed by atoms with Crippen LogP contribution in [0.1, 0.15) is 0 Å². The second-order valence-corrected chi connectivity index (χ2v) is 18.1. The van der Waals surface area contributed by atoms with Crippen LogP contribution in [-0.4, -0.2) is 14.5 Å². The fraction of sp³-hybridized carbons (Fsp3) is 0. The number of fused-ring (bicyclic) bond motifs is 12. The SMILES string of the molecule is c1ccc(-c2ccc3c4ccccc4n(-c4cc(-c5ccc6c7ccccc7c7ccccc7c6c5)cc(-c5cc(-c6cc7ccccc7c7ccccc67)nc(-c6ccccc6)n5)c4)c3c2)cc1. The van der Waals surface area contributed by atoms with Gasteiger partial charge in [-0.3, -0.25) is 0 Å². The molecule has 0 saturated carbocycles. The number of hydrogen-bond acceptors (Lipinski definition) is 2. The Balaban J connectivity index is 1.07. The van der Waals surface area contributed by atoms with Gasteiger partial charge in [-0.05, 0) is 125 Å². The Morgan fingerprint density at radius 1 is 0.246 bits per heavy atom. The van der Waals surface area contributed by atoms with E-state index in [0.29, 0.717) is 5.82 Å². The average Bonchev–Trinajstić information content (AvgIpc) is 3.76. The highest BCUT2D eigenvalue weighted by Gasteiger charge is 2.20. The van der Waals surface area contributed by atoms with Crippen LogP contribution in [0.15, 0.2) is 249 Å². The van der Waals surface area contributed by atoms with E-state index in [-0.39, 0.29) is 0 Å². The van der Waals surface area contributed by atoms with E-state index in [1.54, 1.807) is 0 Å². The van der Waals surface area contributed by atoms with Gasteiger partial charge in [-0.15, -0.1) is 0 Å². The minimum absolute atomic E-state index is 0.681. The first-order chi connectivity index (χ1) is 34.2. The quantitative estimate of drug-likeness (QED) is 0.156. The van der Waals surface area contributed by atoms with E-state index < -0.39 is 0 Å². The van der Waals surface area contributed by atoms with Crippen LogP contribution in [0.4, 0.5) is 0 Å². The number of aromatic nitrogens is 3. The molecule has 2 aromatic heterocycles. The van der Waals surface area contributed by atoms with Crippen molar-refractivity contribution in [3.8, 4) is 61.8 Å². The van der Waals surface area contributed by atoms with Crippen LogP contribution in [0.5, 0.6) is 0 Å². The van der Waals surface area contributed by atoms with Crippen LogP contribution in [0.2, 0.25) is 0 Å². The third-order valence-electron chi connectivity index (χ3n) is 14.1. The summed E-state index contributed by atoms with van der Waals surface area (Å²) in [6, 6.07) is 90.2. The number of rotatable bonds is 6. The van der Waals surface area contributed by atoms with Crippen molar-refractivity contribution in [1.82, 2.24) is 14.5 Å². The van der Waals surface area contributed by atoms with Gasteiger partial charge < -0.3 is 4.57 Å². The summed E-state index contributed by atoms with van der Waals surface area (Å²) < 4.78 is 2.45. The molecule has 0 aliphatic rings. The molecule has 0 unspecified atom stereocenters. The fourth-order valence-corrected chi connectivity index (χ4v) is 10.9. The van der Waals surface area contributed by atoms with E-state index in [2.05, 4.69) is 247 Å². The van der Waals surface area contributed by atoms with Gasteiger partial charge in [0, 0.05) is 33.2 Å². The molecular weight excluding hydrogens is 835 g/mol. The van der Waals surface area contributed by atoms with Gasteiger partial charge in [0.25, 0.3) is 0 Å². The van der Waals surface area contributed by atoms with Gasteiger partial charge in [0.05, 0.1) is 22.4 Å². The van der Waals surface area contributed by atoms with E-state index in [1.165, 1.54) is 70.4 Å². The molecule has 320 valence electrons. The molecule has 3 nitrogen and oxygen atoms in total. The second-order valence-electron chi connectivity index (χ2n) is 18.1. The van der Waals surface area contributed by atoms with Crippen LogP contribution in [0, 0.1) is 0 Å². The molecule has 0 N–H and O–H groups in total. The summed E-state index contributed by atoms with van der Waals surface area (Å²) in [5.41, 5.74) is 12.7. The lowest BCUT2D eigenvalue weighted by Gasteiger charge is -2.17. The van der Waals surface area contributed by atoms with Crippen molar-refractivity contribution < 1.29 is 0 Å². The average molecular weight is 876 g/mol. The molecule has 12 aromatic carbocycles. The molecule has 0 bridgehead atoms. The lowest BCUT2D eigenvalue weighted by molar-refractivity contribution is 1.17. The maximum atomic E-state index is 5.48. The number of benzene rings is 12. The van der Waals surface area contributed by atoms with E-state index >= 15 is 0 Å². The maximum absolute atomic E-state index is 5.48. The number of hydrogen-bond donors (Lipinski definition) is 0. The molecule has 0 aliphatic heterocycles. The molecule has 0 fully saturated rings. The van der Waals surface area contributed by atoms with Gasteiger partial charge in [0.2, 0.25) is 0 Å². The van der Waals surface area contributed by atoms with E-state index in [4.69, 9.17) is 9.97 Å². The first-order valence-electron chi connectivity index (χ1n) is 23.6. The van der Waals surface area contributed by atoms with Gasteiger partial charge in [0.15, 0.2) is 5.82 Å². The lowest BCUT2D eigenvalue weighted by atomic mass is 9.91. The minimum Gasteiger partial charge on any atom is -0.309 e. The van der Waals surface area contributed by atoms with Crippen LogP contribution >= 0.6 is 0 Å². The topological polar surface area (TPSA) is 30.7 Å². The van der Waals surface area contributed by atoms with Gasteiger partial charge in [0.1, 0.15) is 0 Å². The molecule has 14 aromatic rings. The predicted molar refractivity (Wildman–Crippen MR) is 291 cm³/mol. The third kappa shape index (κ3) is 6.43. The van der Waals surface area contributed by atoms with Crippen molar-refractivity contribution in [2.24, 2.45) is 0 Å². The first kappa shape index (κ1) is 39.0. The molecular formula is C66H41N3. The van der Waals surface area contributed by atoms with Crippen molar-refractivity contribution in [1.29, 1.82) is 0 Å². The normalized spacial score (nSPS) is 11.8. The molecule has 0 radical (unpaired) electrons. The van der Waals surface area contributed by atoms with E-state index in [9.17, 15) is 0 Å². The third-order valence-corrected chi connectivity index (χ3v) is 14.1. The van der Waals surface area contributed by atoms with Crippen molar-refractivity contribution in [3.05, 3.63) is 249 Å². The summed E-state index contributed by atoms with van der Waals surface area (Å²) in [5, 5.41) is 14.7. The molecule has 0 amide bonds. The molecule has 0 spiro atoms. The Labute approximate surface area is 398 Å². The molecule has 2 heterocycles. The summed E-state index contributed by atoms with van der Waals surface area (Å²) in [6.45, 7) is 0. The molecule has 0 aliphatic carbocycles. The Bertz CT molecular complexity index is 4320. The Morgan fingerprint density at radius 2 is 0.739 bits per heavy atom. The summed E-state index contributed by atoms with van der Waals surface area (Å²) in [4.78, 5) is 10.9. The smallest absolute Gasteiger partial charge is 0.160 e. The molecule has 69 heavy (non-hydrogen) atoms. The lowest BCUT2D eigenvalue weighted by Crippen LogP contribution is -1.99. The minimum atomic E-state index is 0.681. The van der Waals surface area contributed by atoms with Crippen LogP contribution in [0.25, 0.3) is 138 Å². The summed E-state index contributed by atoms with van der Waals surface area (Å²) in [6.07, 6.45) is 0. The number of nitrogens with zero attached hydrogens (tertiary/aromatic N) is 3. The van der Waals surface area contributed by atoms with Crippen molar-refractivity contribution in [2.75, 3.05) is 0 Å². The van der Waals surface area contributed by atoms with E-state index in [1.807, 2.05) is 6.07 Å². The fourth-order valence-electron chi connectivity index (χ4n) is 10.9. The van der Waals surface area contributed by atoms with Gasteiger partial charge in [-0.25, -0.2) is 9.97 Å². The number of para-hydroxylation sites is 1. The Hall–Kier alpha value is -9.18. The monoisotopic (exact) mass is 875 g/mol. The van der Waals surface area contributed by atoms with Gasteiger partial charge in [-0.1, -0.05) is 200 Å². The van der Waals surface area contributed by atoms with Crippen LogP contribution < -0.4 is 0 Å². The summed E-state index contributed by atoms with van der Waals surface area (Å²) in [5.74, 6) is 0.681.